The largest absolute Gasteiger partial charge is 0.504 e. The summed E-state index contributed by atoms with van der Waals surface area (Å²) in [5.74, 6) is -0.390. The number of hydrogen-bond acceptors (Lipinski definition) is 7. The maximum atomic E-state index is 12.1. The van der Waals surface area contributed by atoms with Crippen molar-refractivity contribution in [2.24, 2.45) is 0 Å². The van der Waals surface area contributed by atoms with Crippen LogP contribution in [0.2, 0.25) is 0 Å². The number of rotatable bonds is 6. The van der Waals surface area contributed by atoms with Crippen LogP contribution in [-0.4, -0.2) is 38.5 Å². The number of ketones is 1. The van der Waals surface area contributed by atoms with Gasteiger partial charge in [0.25, 0.3) is 0 Å². The van der Waals surface area contributed by atoms with Gasteiger partial charge in [0, 0.05) is 11.8 Å². The van der Waals surface area contributed by atoms with Crippen LogP contribution in [-0.2, 0) is 11.3 Å². The monoisotopic (exact) mass is 407 g/mol. The van der Waals surface area contributed by atoms with Gasteiger partial charge in [-0.15, -0.1) is 0 Å². The van der Waals surface area contributed by atoms with E-state index in [1.54, 1.807) is 36.4 Å². The number of carbonyl (C=O) groups excluding carboxylic acids is 1. The van der Waals surface area contributed by atoms with E-state index >= 15 is 0 Å². The number of allylic oxidation sites excluding steroid dienone is 6. The van der Waals surface area contributed by atoms with E-state index in [-0.39, 0.29) is 35.1 Å². The van der Waals surface area contributed by atoms with Crippen molar-refractivity contribution in [1.29, 1.82) is 0 Å². The summed E-state index contributed by atoms with van der Waals surface area (Å²) in [6, 6.07) is 9.14. The van der Waals surface area contributed by atoms with Crippen LogP contribution >= 0.6 is 0 Å². The highest BCUT2D eigenvalue weighted by atomic mass is 16.5. The summed E-state index contributed by atoms with van der Waals surface area (Å²) in [7, 11) is 1.47. The highest BCUT2D eigenvalue weighted by Gasteiger charge is 2.11. The summed E-state index contributed by atoms with van der Waals surface area (Å²) in [5.41, 5.74) is 2.38. The third-order valence-corrected chi connectivity index (χ3v) is 4.38. The Hall–Kier alpha value is -3.97. The van der Waals surface area contributed by atoms with Crippen LogP contribution in [0.5, 0.6) is 23.0 Å². The molecule has 7 heteroatoms. The Bertz CT molecular complexity index is 1080. The molecule has 0 atom stereocenters. The number of methoxy groups -OCH3 is 1. The van der Waals surface area contributed by atoms with E-state index < -0.39 is 0 Å². The quantitative estimate of drug-likeness (QED) is 0.329. The van der Waals surface area contributed by atoms with Gasteiger partial charge in [-0.05, 0) is 53.1 Å². The van der Waals surface area contributed by atoms with Crippen LogP contribution in [0.4, 0.5) is 0 Å². The molecule has 0 aromatic heterocycles. The van der Waals surface area contributed by atoms with E-state index in [0.717, 1.165) is 16.2 Å². The fourth-order valence-corrected chi connectivity index (χ4v) is 2.82. The highest BCUT2D eigenvalue weighted by molar-refractivity contribution is 6.08. The molecule has 0 amide bonds. The van der Waals surface area contributed by atoms with Crippen molar-refractivity contribution < 1.29 is 30.1 Å². The number of benzene rings is 2. The fraction of sp³-hybridized carbons (Fsp3) is 0.0870. The van der Waals surface area contributed by atoms with Gasteiger partial charge in [-0.2, -0.15) is 0 Å². The Morgan fingerprint density at radius 2 is 1.73 bits per heavy atom. The molecule has 4 N–H and O–H groups in total. The van der Waals surface area contributed by atoms with Gasteiger partial charge in [-0.25, -0.2) is 0 Å². The van der Waals surface area contributed by atoms with Crippen molar-refractivity contribution in [1.82, 2.24) is 5.06 Å². The summed E-state index contributed by atoms with van der Waals surface area (Å²) in [6.45, 7) is 0.0145. The third-order valence-electron chi connectivity index (χ3n) is 4.38. The van der Waals surface area contributed by atoms with Crippen LogP contribution in [0.25, 0.3) is 6.08 Å². The zero-order valence-corrected chi connectivity index (χ0v) is 16.2. The molecule has 0 spiro atoms. The van der Waals surface area contributed by atoms with E-state index in [4.69, 9.17) is 4.74 Å². The summed E-state index contributed by atoms with van der Waals surface area (Å²) < 4.78 is 5.09. The predicted octanol–water partition coefficient (Wildman–Crippen LogP) is 3.67. The summed E-state index contributed by atoms with van der Waals surface area (Å²) in [6.07, 6.45) is 9.60. The van der Waals surface area contributed by atoms with Crippen molar-refractivity contribution in [2.75, 3.05) is 7.11 Å². The van der Waals surface area contributed by atoms with E-state index in [1.807, 2.05) is 6.08 Å². The van der Waals surface area contributed by atoms with Crippen molar-refractivity contribution in [2.45, 2.75) is 6.54 Å². The van der Waals surface area contributed by atoms with Gasteiger partial charge < -0.3 is 20.1 Å². The van der Waals surface area contributed by atoms with Gasteiger partial charge in [-0.1, -0.05) is 30.4 Å². The lowest BCUT2D eigenvalue weighted by atomic mass is 10.0. The zero-order chi connectivity index (χ0) is 21.7. The lowest BCUT2D eigenvalue weighted by molar-refractivity contribution is -0.111. The fourth-order valence-electron chi connectivity index (χ4n) is 2.82. The molecule has 2 aromatic rings. The number of phenolic OH excluding ortho intramolecular Hbond substituents is 3. The molecule has 7 nitrogen and oxygen atoms in total. The number of carbonyl (C=O) groups is 1. The van der Waals surface area contributed by atoms with Crippen LogP contribution < -0.4 is 4.74 Å². The van der Waals surface area contributed by atoms with Crippen molar-refractivity contribution in [3.05, 3.63) is 89.2 Å². The number of aromatic hydroxyl groups is 3. The Kier molecular flexibility index (Phi) is 6.24. The zero-order valence-electron chi connectivity index (χ0n) is 16.2. The lowest BCUT2D eigenvalue weighted by Gasteiger charge is -2.15. The molecule has 0 unspecified atom stereocenters. The molecule has 0 heterocycles. The topological polar surface area (TPSA) is 110 Å². The summed E-state index contributed by atoms with van der Waals surface area (Å²) in [4.78, 5) is 12.1. The van der Waals surface area contributed by atoms with Gasteiger partial charge in [0.15, 0.2) is 28.8 Å². The van der Waals surface area contributed by atoms with Crippen molar-refractivity contribution >= 4 is 11.9 Å². The molecule has 2 aromatic carbocycles. The van der Waals surface area contributed by atoms with E-state index in [2.05, 4.69) is 0 Å². The minimum atomic E-state index is -0.289. The van der Waals surface area contributed by atoms with Crippen molar-refractivity contribution in [3.8, 4) is 23.0 Å². The minimum Gasteiger partial charge on any atom is -0.504 e. The first kappa shape index (κ1) is 20.8. The molecular weight excluding hydrogens is 386 g/mol. The Morgan fingerprint density at radius 3 is 2.47 bits per heavy atom. The van der Waals surface area contributed by atoms with Gasteiger partial charge in [0.05, 0.1) is 13.7 Å². The second-order valence-electron chi connectivity index (χ2n) is 6.61. The maximum absolute atomic E-state index is 12.1. The normalized spacial score (nSPS) is 14.9. The molecule has 1 aliphatic carbocycles. The number of ether oxygens (including phenoxy) is 1. The number of hydrogen-bond donors (Lipinski definition) is 4. The second-order valence-corrected chi connectivity index (χ2v) is 6.61. The molecular formula is C23H21NO6. The summed E-state index contributed by atoms with van der Waals surface area (Å²) in [5, 5.41) is 39.6. The van der Waals surface area contributed by atoms with E-state index in [0.29, 0.717) is 11.3 Å². The molecule has 0 saturated heterocycles. The van der Waals surface area contributed by atoms with Gasteiger partial charge >= 0.3 is 0 Å². The Labute approximate surface area is 173 Å². The maximum Gasteiger partial charge on any atom is 0.187 e. The molecule has 0 bridgehead atoms. The second kappa shape index (κ2) is 9.02. The number of phenols is 3. The van der Waals surface area contributed by atoms with E-state index in [9.17, 15) is 25.3 Å². The van der Waals surface area contributed by atoms with Gasteiger partial charge in [-0.3, -0.25) is 15.1 Å². The first-order chi connectivity index (χ1) is 14.4. The van der Waals surface area contributed by atoms with Crippen LogP contribution in [0.3, 0.4) is 0 Å². The van der Waals surface area contributed by atoms with Crippen molar-refractivity contribution in [3.63, 3.8) is 0 Å². The van der Waals surface area contributed by atoms with Crippen LogP contribution in [0, 0.1) is 0 Å². The molecule has 0 radical (unpaired) electrons. The standard InChI is InChI=1S/C23H21NO6/c1-30-23-12-16(5-9-21(23)27)3-2-15-4-7-19(25)18(10-15)14-24(29)13-17-6-8-20(26)22(28)11-17/h2-12,14,26-29H,13H2,1H3. The summed E-state index contributed by atoms with van der Waals surface area (Å²) >= 11 is 0. The third kappa shape index (κ3) is 5.09. The minimum absolute atomic E-state index is 0.0145. The first-order valence-electron chi connectivity index (χ1n) is 9.03. The number of nitrogens with zero attached hydrogens (tertiary/aromatic N) is 1. The molecule has 154 valence electrons. The molecule has 3 rings (SSSR count). The molecule has 1 aliphatic rings. The molecule has 0 saturated carbocycles. The highest BCUT2D eigenvalue weighted by Crippen LogP contribution is 2.27. The lowest BCUT2D eigenvalue weighted by Crippen LogP contribution is -2.14. The van der Waals surface area contributed by atoms with Gasteiger partial charge in [0.2, 0.25) is 0 Å². The first-order valence-corrected chi connectivity index (χ1v) is 9.03. The Balaban J connectivity index is 1.75. The van der Waals surface area contributed by atoms with Crippen LogP contribution in [0.1, 0.15) is 11.1 Å². The van der Waals surface area contributed by atoms with Gasteiger partial charge in [0.1, 0.15) is 0 Å². The average molecular weight is 407 g/mol. The molecule has 30 heavy (non-hydrogen) atoms. The Morgan fingerprint density at radius 1 is 0.967 bits per heavy atom. The molecule has 0 fully saturated rings. The number of hydroxylamine groups is 2. The smallest absolute Gasteiger partial charge is 0.187 e. The average Bonchev–Trinajstić information content (AvgIpc) is 2.72. The van der Waals surface area contributed by atoms with E-state index in [1.165, 1.54) is 37.6 Å². The predicted molar refractivity (Wildman–Crippen MR) is 111 cm³/mol. The SMILES string of the molecule is COc1cc(C=CC2=CC(=CN(O)Cc3ccc(O)c(O)c3)C(=O)C=C2)ccc1O. The van der Waals surface area contributed by atoms with Crippen LogP contribution in [0.15, 0.2) is 78.0 Å². The molecule has 0 aliphatic heterocycles.